The average molecular weight is 242 g/mol. The second-order valence-corrected chi connectivity index (χ2v) is 2.43. The summed E-state index contributed by atoms with van der Waals surface area (Å²) >= 11 is 0. The second-order valence-electron chi connectivity index (χ2n) is 2.43. The third kappa shape index (κ3) is 5.69. The summed E-state index contributed by atoms with van der Waals surface area (Å²) in [7, 11) is 0. The quantitative estimate of drug-likeness (QED) is 0.521. The van der Waals surface area contributed by atoms with E-state index in [-0.39, 0.29) is 74.0 Å². The van der Waals surface area contributed by atoms with Gasteiger partial charge in [0.1, 0.15) is 5.75 Å². The minimum Gasteiger partial charge on any atom is -0.870 e. The summed E-state index contributed by atoms with van der Waals surface area (Å²) in [5.74, 6) is -0.374. The topological polar surface area (TPSA) is 56.3 Å². The van der Waals surface area contributed by atoms with Crippen LogP contribution in [0.25, 0.3) is 0 Å². The van der Waals surface area contributed by atoms with Crippen molar-refractivity contribution < 1.29 is 75.2 Å². The number of ketones is 1. The van der Waals surface area contributed by atoms with Gasteiger partial charge in [-0.3, -0.25) is 4.79 Å². The Balaban J connectivity index is 0. The van der Waals surface area contributed by atoms with Gasteiger partial charge >= 0.3 is 58.0 Å². The van der Waals surface area contributed by atoms with Gasteiger partial charge in [-0.15, -0.1) is 0 Å². The number of benzene rings is 1. The molecule has 6 heteroatoms. The van der Waals surface area contributed by atoms with Crippen molar-refractivity contribution in [2.24, 2.45) is 0 Å². The first-order valence-electron chi connectivity index (χ1n) is 3.66. The average Bonchev–Trinajstić information content (AvgIpc) is 2.03. The van der Waals surface area contributed by atoms with E-state index in [1.54, 1.807) is 6.07 Å². The fraction of sp³-hybridized carbons (Fsp3) is 0.222. The molecule has 0 amide bonds. The largest absolute Gasteiger partial charge is 1.00 e. The Morgan fingerprint density at radius 2 is 1.87 bits per heavy atom. The molecule has 1 rings (SSSR count). The molecule has 1 N–H and O–H groups in total. The Morgan fingerprint density at radius 3 is 2.33 bits per heavy atom. The van der Waals surface area contributed by atoms with Crippen molar-refractivity contribution in [2.75, 3.05) is 0 Å². The van der Waals surface area contributed by atoms with Gasteiger partial charge in [0.15, 0.2) is 5.78 Å². The van der Waals surface area contributed by atoms with Crippen LogP contribution in [0.5, 0.6) is 5.75 Å². The minimum absolute atomic E-state index is 0. The fourth-order valence-electron chi connectivity index (χ4n) is 0.956. The summed E-state index contributed by atoms with van der Waals surface area (Å²) in [6, 6.07) is 5.90. The van der Waals surface area contributed by atoms with E-state index < -0.39 is 6.61 Å². The SMILES string of the molecule is CC(=O)c1ccccc1OC(F)F.[K+].[OH-]. The summed E-state index contributed by atoms with van der Waals surface area (Å²) in [5.41, 5.74) is 0.169. The van der Waals surface area contributed by atoms with Crippen LogP contribution in [0.1, 0.15) is 17.3 Å². The van der Waals surface area contributed by atoms with E-state index in [0.29, 0.717) is 0 Å². The Kier molecular flexibility index (Phi) is 9.72. The van der Waals surface area contributed by atoms with E-state index in [4.69, 9.17) is 0 Å². The molecule has 0 spiro atoms. The number of halogens is 2. The van der Waals surface area contributed by atoms with Crippen LogP contribution >= 0.6 is 0 Å². The van der Waals surface area contributed by atoms with Crippen LogP contribution in [-0.2, 0) is 0 Å². The van der Waals surface area contributed by atoms with Crippen molar-refractivity contribution in [2.45, 2.75) is 13.5 Å². The van der Waals surface area contributed by atoms with E-state index >= 15 is 0 Å². The molecule has 0 bridgehead atoms. The molecular weight excluding hydrogens is 233 g/mol. The maximum Gasteiger partial charge on any atom is 1.00 e. The number of hydrogen-bond donors (Lipinski definition) is 0. The van der Waals surface area contributed by atoms with E-state index in [9.17, 15) is 13.6 Å². The van der Waals surface area contributed by atoms with Crippen LogP contribution in [0, 0.1) is 0 Å². The first-order valence-corrected chi connectivity index (χ1v) is 3.66. The van der Waals surface area contributed by atoms with Gasteiger partial charge in [0, 0.05) is 0 Å². The van der Waals surface area contributed by atoms with Gasteiger partial charge in [-0.1, -0.05) is 12.1 Å². The number of hydrogen-bond acceptors (Lipinski definition) is 3. The maximum atomic E-state index is 11.8. The number of ether oxygens (including phenoxy) is 1. The molecule has 3 nitrogen and oxygen atoms in total. The van der Waals surface area contributed by atoms with Gasteiger partial charge in [-0.25, -0.2) is 0 Å². The molecule has 1 aromatic carbocycles. The number of para-hydroxylation sites is 1. The van der Waals surface area contributed by atoms with Crippen LogP contribution in [0.2, 0.25) is 0 Å². The molecule has 0 saturated heterocycles. The summed E-state index contributed by atoms with van der Waals surface area (Å²) in [4.78, 5) is 10.9. The third-order valence-corrected chi connectivity index (χ3v) is 1.48. The third-order valence-electron chi connectivity index (χ3n) is 1.48. The number of Topliss-reactive ketones (excluding diaryl/α,β-unsaturated/α-hetero) is 1. The normalized spacial score (nSPS) is 8.80. The number of rotatable bonds is 3. The molecule has 0 aromatic heterocycles. The van der Waals surface area contributed by atoms with Crippen LogP contribution in [0.4, 0.5) is 8.78 Å². The molecule has 0 heterocycles. The van der Waals surface area contributed by atoms with Gasteiger partial charge in [-0.05, 0) is 19.1 Å². The Bertz CT molecular complexity index is 318. The zero-order chi connectivity index (χ0) is 9.84. The van der Waals surface area contributed by atoms with E-state index in [0.717, 1.165) is 0 Å². The summed E-state index contributed by atoms with van der Waals surface area (Å²) in [6.07, 6.45) is 0. The van der Waals surface area contributed by atoms with Crippen molar-refractivity contribution in [1.29, 1.82) is 0 Å². The van der Waals surface area contributed by atoms with Crippen LogP contribution in [0.3, 0.4) is 0 Å². The molecule has 0 aliphatic carbocycles. The van der Waals surface area contributed by atoms with E-state index in [1.165, 1.54) is 25.1 Å². The number of carbonyl (C=O) groups excluding carboxylic acids is 1. The van der Waals surface area contributed by atoms with Gasteiger partial charge in [-0.2, -0.15) is 8.78 Å². The van der Waals surface area contributed by atoms with Crippen molar-refractivity contribution in [1.82, 2.24) is 0 Å². The molecular formula is C9H9F2KO3. The zero-order valence-corrected chi connectivity index (χ0v) is 11.5. The van der Waals surface area contributed by atoms with Crippen molar-refractivity contribution in [3.8, 4) is 5.75 Å². The summed E-state index contributed by atoms with van der Waals surface area (Å²) in [5, 5.41) is 0. The predicted octanol–water partition coefficient (Wildman–Crippen LogP) is -0.682. The standard InChI is InChI=1S/C9H8F2O2.K.H2O/c1-6(12)7-4-2-3-5-8(7)13-9(10)11;;/h2-5,9H,1H3;;1H2/q;+1;/p-1. The second kappa shape index (κ2) is 8.32. The molecule has 0 radical (unpaired) electrons. The molecule has 0 unspecified atom stereocenters. The van der Waals surface area contributed by atoms with Crippen LogP contribution in [0.15, 0.2) is 24.3 Å². The molecule has 0 aliphatic rings. The summed E-state index contributed by atoms with van der Waals surface area (Å²) < 4.78 is 27.8. The summed E-state index contributed by atoms with van der Waals surface area (Å²) in [6.45, 7) is -1.60. The van der Waals surface area contributed by atoms with Crippen molar-refractivity contribution in [3.63, 3.8) is 0 Å². The van der Waals surface area contributed by atoms with Crippen LogP contribution in [-0.4, -0.2) is 17.9 Å². The van der Waals surface area contributed by atoms with Gasteiger partial charge in [0.05, 0.1) is 5.56 Å². The van der Waals surface area contributed by atoms with E-state index in [2.05, 4.69) is 4.74 Å². The predicted molar refractivity (Wildman–Crippen MR) is 45.0 cm³/mol. The van der Waals surface area contributed by atoms with Crippen molar-refractivity contribution in [3.05, 3.63) is 29.8 Å². The molecule has 78 valence electrons. The Hall–Kier alpha value is 0.146. The van der Waals surface area contributed by atoms with Crippen LogP contribution < -0.4 is 56.1 Å². The molecule has 15 heavy (non-hydrogen) atoms. The maximum absolute atomic E-state index is 11.8. The molecule has 0 saturated carbocycles. The zero-order valence-electron chi connectivity index (χ0n) is 8.41. The number of alkyl halides is 2. The molecule has 0 aliphatic heterocycles. The van der Waals surface area contributed by atoms with Gasteiger partial charge < -0.3 is 10.2 Å². The van der Waals surface area contributed by atoms with Gasteiger partial charge in [0.2, 0.25) is 0 Å². The first kappa shape index (κ1) is 17.5. The molecule has 1 aromatic rings. The first-order chi connectivity index (χ1) is 6.11. The Labute approximate surface area is 129 Å². The Morgan fingerprint density at radius 1 is 1.33 bits per heavy atom. The number of carbonyl (C=O) groups is 1. The fourth-order valence-corrected chi connectivity index (χ4v) is 0.956. The van der Waals surface area contributed by atoms with Crippen molar-refractivity contribution >= 4 is 5.78 Å². The minimum atomic E-state index is -2.90. The van der Waals surface area contributed by atoms with Gasteiger partial charge in [0.25, 0.3) is 0 Å². The molecule has 0 fully saturated rings. The smallest absolute Gasteiger partial charge is 0.870 e. The monoisotopic (exact) mass is 242 g/mol. The molecule has 0 atom stereocenters. The van der Waals surface area contributed by atoms with E-state index in [1.807, 2.05) is 0 Å².